The fraction of sp³-hybridized carbons (Fsp3) is 0.200. The van der Waals surface area contributed by atoms with Crippen LogP contribution in [0.15, 0.2) is 65.7 Å². The second-order valence-corrected chi connectivity index (χ2v) is 8.09. The lowest BCUT2D eigenvalue weighted by molar-refractivity contribution is -0.117. The van der Waals surface area contributed by atoms with Crippen molar-refractivity contribution in [2.45, 2.75) is 27.3 Å². The average molecular weight is 457 g/mol. The molecule has 3 heterocycles. The Kier molecular flexibility index (Phi) is 5.37. The van der Waals surface area contributed by atoms with Crippen molar-refractivity contribution in [3.05, 3.63) is 82.5 Å². The molecule has 0 radical (unpaired) electrons. The highest BCUT2D eigenvalue weighted by Crippen LogP contribution is 2.26. The lowest BCUT2D eigenvalue weighted by Gasteiger charge is -2.10. The zero-order valence-electron chi connectivity index (χ0n) is 19.1. The summed E-state index contributed by atoms with van der Waals surface area (Å²) in [5.74, 6) is 0.193. The van der Waals surface area contributed by atoms with Gasteiger partial charge in [0.25, 0.3) is 0 Å². The van der Waals surface area contributed by atoms with Crippen molar-refractivity contribution >= 4 is 22.8 Å². The summed E-state index contributed by atoms with van der Waals surface area (Å²) in [6.07, 6.45) is 3.32. The summed E-state index contributed by atoms with van der Waals surface area (Å²) in [5, 5.41) is 11.9. The van der Waals surface area contributed by atoms with E-state index in [1.807, 2.05) is 32.9 Å². The van der Waals surface area contributed by atoms with Crippen LogP contribution in [-0.2, 0) is 11.3 Å². The number of rotatable bonds is 6. The number of nitrogens with one attached hydrogen (secondary N) is 1. The van der Waals surface area contributed by atoms with E-state index in [0.717, 1.165) is 27.1 Å². The predicted molar refractivity (Wildman–Crippen MR) is 129 cm³/mol. The third-order valence-electron chi connectivity index (χ3n) is 5.62. The molecule has 2 aromatic carbocycles. The molecule has 0 atom stereocenters. The van der Waals surface area contributed by atoms with Gasteiger partial charge in [-0.25, -0.2) is 18.4 Å². The number of benzene rings is 2. The first-order valence-electron chi connectivity index (χ1n) is 11.0. The topological polar surface area (TPSA) is 94.9 Å². The molecule has 3 aromatic heterocycles. The van der Waals surface area contributed by atoms with Crippen molar-refractivity contribution in [1.29, 1.82) is 0 Å². The fourth-order valence-electron chi connectivity index (χ4n) is 3.96. The van der Waals surface area contributed by atoms with Gasteiger partial charge in [0.2, 0.25) is 5.91 Å². The molecule has 34 heavy (non-hydrogen) atoms. The van der Waals surface area contributed by atoms with Gasteiger partial charge in [0.1, 0.15) is 17.8 Å². The minimum Gasteiger partial charge on any atom is -0.492 e. The van der Waals surface area contributed by atoms with Crippen molar-refractivity contribution in [3.8, 4) is 17.0 Å². The number of hydrogen-bond donors (Lipinski definition) is 1. The van der Waals surface area contributed by atoms with Crippen molar-refractivity contribution in [3.63, 3.8) is 0 Å². The zero-order valence-corrected chi connectivity index (χ0v) is 19.1. The van der Waals surface area contributed by atoms with E-state index in [2.05, 4.69) is 33.7 Å². The van der Waals surface area contributed by atoms with Crippen LogP contribution in [0.5, 0.6) is 5.75 Å². The van der Waals surface area contributed by atoms with Crippen LogP contribution in [-0.4, -0.2) is 36.3 Å². The molecule has 0 aliphatic rings. The van der Waals surface area contributed by atoms with Gasteiger partial charge in [0.15, 0.2) is 5.65 Å². The molecule has 0 spiro atoms. The third-order valence-corrected chi connectivity index (χ3v) is 5.62. The summed E-state index contributed by atoms with van der Waals surface area (Å²) in [6, 6.07) is 15.3. The smallest absolute Gasteiger partial charge is 0.350 e. The standard InChI is InChI=1S/C25H24N6O3/c1-4-34-22-8-6-5-7-19(22)26-23(32)15-31-25(33)29-11-12-30-21(24(29)28-31)14-20(27-30)18-13-16(2)9-10-17(18)3/h5-14H,4,15H2,1-3H3,(H,26,32). The summed E-state index contributed by atoms with van der Waals surface area (Å²) in [7, 11) is 0. The molecule has 9 nitrogen and oxygen atoms in total. The monoisotopic (exact) mass is 456 g/mol. The number of amides is 1. The van der Waals surface area contributed by atoms with Gasteiger partial charge in [-0.05, 0) is 50.6 Å². The quantitative estimate of drug-likeness (QED) is 0.422. The number of carbonyl (C=O) groups excluding carboxylic acids is 1. The van der Waals surface area contributed by atoms with E-state index < -0.39 is 5.69 Å². The Labute approximate surface area is 195 Å². The Morgan fingerprint density at radius 1 is 1.06 bits per heavy atom. The number of hydrogen-bond acceptors (Lipinski definition) is 5. The average Bonchev–Trinajstić information content (AvgIpc) is 3.38. The summed E-state index contributed by atoms with van der Waals surface area (Å²) in [5.41, 5.74) is 5.31. The molecule has 5 rings (SSSR count). The highest BCUT2D eigenvalue weighted by atomic mass is 16.5. The van der Waals surface area contributed by atoms with E-state index >= 15 is 0 Å². The van der Waals surface area contributed by atoms with E-state index in [9.17, 15) is 9.59 Å². The van der Waals surface area contributed by atoms with Crippen LogP contribution in [0, 0.1) is 13.8 Å². The molecule has 172 valence electrons. The fourth-order valence-corrected chi connectivity index (χ4v) is 3.96. The minimum atomic E-state index is -0.403. The summed E-state index contributed by atoms with van der Waals surface area (Å²) >= 11 is 0. The van der Waals surface area contributed by atoms with Crippen molar-refractivity contribution in [2.75, 3.05) is 11.9 Å². The molecule has 0 bridgehead atoms. The highest BCUT2D eigenvalue weighted by Gasteiger charge is 2.17. The summed E-state index contributed by atoms with van der Waals surface area (Å²) < 4.78 is 9.82. The molecule has 0 aliphatic heterocycles. The number of aryl methyl sites for hydroxylation is 2. The summed E-state index contributed by atoms with van der Waals surface area (Å²) in [4.78, 5) is 25.6. The van der Waals surface area contributed by atoms with Crippen LogP contribution in [0.3, 0.4) is 0 Å². The van der Waals surface area contributed by atoms with Gasteiger partial charge in [-0.3, -0.25) is 4.79 Å². The van der Waals surface area contributed by atoms with E-state index in [0.29, 0.717) is 29.2 Å². The van der Waals surface area contributed by atoms with Crippen molar-refractivity contribution in [2.24, 2.45) is 0 Å². The van der Waals surface area contributed by atoms with Crippen LogP contribution in [0.2, 0.25) is 0 Å². The molecule has 0 aliphatic carbocycles. The number of anilines is 1. The Bertz CT molecular complexity index is 1590. The maximum absolute atomic E-state index is 12.9. The van der Waals surface area contributed by atoms with Crippen LogP contribution in [0.25, 0.3) is 22.4 Å². The predicted octanol–water partition coefficient (Wildman–Crippen LogP) is 3.46. The highest BCUT2D eigenvalue weighted by molar-refractivity contribution is 5.92. The van der Waals surface area contributed by atoms with Crippen LogP contribution in [0.1, 0.15) is 18.1 Å². The SMILES string of the molecule is CCOc1ccccc1NC(=O)Cn1nc2c3cc(-c4cc(C)ccc4C)nn3ccn2c1=O. The van der Waals surface area contributed by atoms with Crippen molar-refractivity contribution < 1.29 is 9.53 Å². The molecule has 1 amide bonds. The molecular weight excluding hydrogens is 432 g/mol. The van der Waals surface area contributed by atoms with E-state index in [1.54, 1.807) is 35.1 Å². The van der Waals surface area contributed by atoms with Crippen LogP contribution >= 0.6 is 0 Å². The number of nitrogens with zero attached hydrogens (tertiary/aromatic N) is 5. The Hall–Kier alpha value is -4.40. The van der Waals surface area contributed by atoms with E-state index in [4.69, 9.17) is 4.74 Å². The number of fused-ring (bicyclic) bond motifs is 3. The Morgan fingerprint density at radius 3 is 2.71 bits per heavy atom. The largest absolute Gasteiger partial charge is 0.492 e. The Balaban J connectivity index is 1.49. The van der Waals surface area contributed by atoms with Gasteiger partial charge >= 0.3 is 5.69 Å². The van der Waals surface area contributed by atoms with Gasteiger partial charge in [0, 0.05) is 18.0 Å². The first-order valence-corrected chi connectivity index (χ1v) is 11.0. The van der Waals surface area contributed by atoms with Gasteiger partial charge in [-0.15, -0.1) is 5.10 Å². The zero-order chi connectivity index (χ0) is 23.8. The first kappa shape index (κ1) is 21.4. The Morgan fingerprint density at radius 2 is 1.88 bits per heavy atom. The normalized spacial score (nSPS) is 11.3. The molecule has 9 heteroatoms. The van der Waals surface area contributed by atoms with Crippen LogP contribution in [0.4, 0.5) is 5.69 Å². The molecule has 1 N–H and O–H groups in total. The summed E-state index contributed by atoms with van der Waals surface area (Å²) in [6.45, 7) is 6.19. The maximum Gasteiger partial charge on any atom is 0.350 e. The van der Waals surface area contributed by atoms with Gasteiger partial charge in [-0.2, -0.15) is 5.10 Å². The lowest BCUT2D eigenvalue weighted by Crippen LogP contribution is -2.28. The number of para-hydroxylation sites is 2. The molecular formula is C25H24N6O3. The third kappa shape index (κ3) is 3.81. The molecule has 0 fully saturated rings. The number of carbonyl (C=O) groups is 1. The van der Waals surface area contributed by atoms with Crippen LogP contribution < -0.4 is 15.7 Å². The number of ether oxygens (including phenoxy) is 1. The lowest BCUT2D eigenvalue weighted by atomic mass is 10.0. The van der Waals surface area contributed by atoms with Gasteiger partial charge < -0.3 is 10.1 Å². The second-order valence-electron chi connectivity index (χ2n) is 8.09. The van der Waals surface area contributed by atoms with Gasteiger partial charge in [-0.1, -0.05) is 29.8 Å². The van der Waals surface area contributed by atoms with E-state index in [-0.39, 0.29) is 12.5 Å². The van der Waals surface area contributed by atoms with Crippen molar-refractivity contribution in [1.82, 2.24) is 23.8 Å². The molecule has 0 saturated carbocycles. The maximum atomic E-state index is 12.9. The van der Waals surface area contributed by atoms with Gasteiger partial charge in [0.05, 0.1) is 18.0 Å². The first-order chi connectivity index (χ1) is 16.4. The second kappa shape index (κ2) is 8.51. The minimum absolute atomic E-state index is 0.231. The molecule has 0 saturated heterocycles. The number of aromatic nitrogens is 5. The molecule has 0 unspecified atom stereocenters. The van der Waals surface area contributed by atoms with E-state index in [1.165, 1.54) is 4.40 Å². The molecule has 5 aromatic rings.